The summed E-state index contributed by atoms with van der Waals surface area (Å²) in [7, 11) is 0. The second-order valence-corrected chi connectivity index (χ2v) is 5.45. The molecule has 18 heavy (non-hydrogen) atoms. The van der Waals surface area contributed by atoms with Crippen LogP contribution in [-0.2, 0) is 16.0 Å². The zero-order chi connectivity index (χ0) is 12.8. The zero-order valence-corrected chi connectivity index (χ0v) is 11.5. The second-order valence-electron chi connectivity index (χ2n) is 4.42. The van der Waals surface area contributed by atoms with Gasteiger partial charge in [-0.3, -0.25) is 4.79 Å². The average molecular weight is 268 g/mol. The number of hydrogen-bond acceptors (Lipinski definition) is 4. The number of ether oxygens (including phenoxy) is 1. The summed E-state index contributed by atoms with van der Waals surface area (Å²) >= 11 is 1.73. The maximum Gasteiger partial charge on any atom is 0.251 e. The molecule has 1 aromatic heterocycles. The summed E-state index contributed by atoms with van der Waals surface area (Å²) in [4.78, 5) is 15.3. The minimum atomic E-state index is -0.330. The van der Waals surface area contributed by atoms with Crippen LogP contribution in [0.1, 0.15) is 11.8 Å². The van der Waals surface area contributed by atoms with Gasteiger partial charge in [-0.05, 0) is 18.4 Å². The molecule has 100 valence electrons. The predicted octanol–water partition coefficient (Wildman–Crippen LogP) is 1.13. The molecule has 0 aliphatic carbocycles. The fourth-order valence-electron chi connectivity index (χ4n) is 2.00. The van der Waals surface area contributed by atoms with Crippen LogP contribution >= 0.6 is 11.3 Å². The normalized spacial score (nSPS) is 17.7. The molecule has 1 atom stereocenters. The molecule has 0 radical (unpaired) electrons. The quantitative estimate of drug-likeness (QED) is 0.870. The van der Waals surface area contributed by atoms with Crippen LogP contribution in [0.4, 0.5) is 0 Å². The summed E-state index contributed by atoms with van der Waals surface area (Å²) in [5.74, 6) is 0.114. The molecule has 1 saturated heterocycles. The summed E-state index contributed by atoms with van der Waals surface area (Å²) in [6, 6.07) is 4.13. The van der Waals surface area contributed by atoms with E-state index >= 15 is 0 Å². The van der Waals surface area contributed by atoms with E-state index in [2.05, 4.69) is 16.8 Å². The van der Waals surface area contributed by atoms with Gasteiger partial charge < -0.3 is 15.0 Å². The Morgan fingerprint density at radius 3 is 3.00 bits per heavy atom. The molecule has 0 aromatic carbocycles. The van der Waals surface area contributed by atoms with Crippen LogP contribution in [0, 0.1) is 0 Å². The molecule has 0 saturated carbocycles. The first kappa shape index (κ1) is 13.5. The van der Waals surface area contributed by atoms with Crippen LogP contribution in [-0.4, -0.2) is 49.7 Å². The number of thiophene rings is 1. The van der Waals surface area contributed by atoms with Gasteiger partial charge in [0.1, 0.15) is 6.10 Å². The highest BCUT2D eigenvalue weighted by Gasteiger charge is 2.22. The van der Waals surface area contributed by atoms with Crippen LogP contribution in [0.2, 0.25) is 0 Å². The number of carbonyl (C=O) groups is 1. The SMILES string of the molecule is CC(OCCc1cccs1)C(=O)N1CCNCC1. The van der Waals surface area contributed by atoms with E-state index in [1.165, 1.54) is 4.88 Å². The number of amides is 1. The van der Waals surface area contributed by atoms with Gasteiger partial charge in [-0.1, -0.05) is 6.07 Å². The fourth-order valence-corrected chi connectivity index (χ4v) is 2.69. The minimum absolute atomic E-state index is 0.114. The van der Waals surface area contributed by atoms with E-state index in [0.29, 0.717) is 6.61 Å². The maximum atomic E-state index is 12.1. The van der Waals surface area contributed by atoms with Crippen molar-refractivity contribution in [1.82, 2.24) is 10.2 Å². The van der Waals surface area contributed by atoms with E-state index in [-0.39, 0.29) is 12.0 Å². The van der Waals surface area contributed by atoms with Crippen LogP contribution in [0.25, 0.3) is 0 Å². The van der Waals surface area contributed by atoms with Gasteiger partial charge in [0.25, 0.3) is 5.91 Å². The third kappa shape index (κ3) is 3.80. The van der Waals surface area contributed by atoms with Gasteiger partial charge in [0.2, 0.25) is 0 Å². The first-order valence-electron chi connectivity index (χ1n) is 6.41. The Balaban J connectivity index is 1.70. The Labute approximate surface area is 112 Å². The lowest BCUT2D eigenvalue weighted by molar-refractivity contribution is -0.143. The topological polar surface area (TPSA) is 41.6 Å². The van der Waals surface area contributed by atoms with Gasteiger partial charge in [-0.2, -0.15) is 0 Å². The van der Waals surface area contributed by atoms with E-state index in [1.807, 2.05) is 17.9 Å². The zero-order valence-electron chi connectivity index (χ0n) is 10.7. The number of carbonyl (C=O) groups excluding carboxylic acids is 1. The summed E-state index contributed by atoms with van der Waals surface area (Å²) in [5, 5.41) is 5.30. The van der Waals surface area contributed by atoms with Gasteiger partial charge in [0, 0.05) is 37.5 Å². The molecule has 1 unspecified atom stereocenters. The maximum absolute atomic E-state index is 12.1. The van der Waals surface area contributed by atoms with Crippen molar-refractivity contribution in [3.05, 3.63) is 22.4 Å². The third-order valence-corrected chi connectivity index (χ3v) is 4.01. The first-order valence-corrected chi connectivity index (χ1v) is 7.29. The van der Waals surface area contributed by atoms with Gasteiger partial charge in [-0.15, -0.1) is 11.3 Å². The van der Waals surface area contributed by atoms with Crippen molar-refractivity contribution in [2.75, 3.05) is 32.8 Å². The minimum Gasteiger partial charge on any atom is -0.368 e. The monoisotopic (exact) mass is 268 g/mol. The molecule has 1 aliphatic heterocycles. The number of nitrogens with zero attached hydrogens (tertiary/aromatic N) is 1. The lowest BCUT2D eigenvalue weighted by Crippen LogP contribution is -2.49. The third-order valence-electron chi connectivity index (χ3n) is 3.07. The Bertz CT molecular complexity index is 361. The van der Waals surface area contributed by atoms with E-state index in [1.54, 1.807) is 11.3 Å². The smallest absolute Gasteiger partial charge is 0.251 e. The number of hydrogen-bond donors (Lipinski definition) is 1. The molecule has 2 heterocycles. The molecule has 0 bridgehead atoms. The molecule has 1 fully saturated rings. The predicted molar refractivity (Wildman–Crippen MR) is 72.9 cm³/mol. The molecule has 1 amide bonds. The number of piperazine rings is 1. The van der Waals surface area contributed by atoms with Crippen molar-refractivity contribution in [2.45, 2.75) is 19.4 Å². The number of rotatable bonds is 5. The fraction of sp³-hybridized carbons (Fsp3) is 0.615. The molecule has 0 spiro atoms. The van der Waals surface area contributed by atoms with Crippen LogP contribution < -0.4 is 5.32 Å². The van der Waals surface area contributed by atoms with E-state index in [0.717, 1.165) is 32.6 Å². The molecular weight excluding hydrogens is 248 g/mol. The largest absolute Gasteiger partial charge is 0.368 e. The lowest BCUT2D eigenvalue weighted by Gasteiger charge is -2.29. The Morgan fingerprint density at radius 2 is 2.33 bits per heavy atom. The molecule has 1 N–H and O–H groups in total. The summed E-state index contributed by atoms with van der Waals surface area (Å²) in [6.45, 7) is 5.80. The van der Waals surface area contributed by atoms with Gasteiger partial charge >= 0.3 is 0 Å². The summed E-state index contributed by atoms with van der Waals surface area (Å²) < 4.78 is 5.63. The van der Waals surface area contributed by atoms with Gasteiger partial charge in [0.05, 0.1) is 6.61 Å². The average Bonchev–Trinajstić information content (AvgIpc) is 2.92. The summed E-state index contributed by atoms with van der Waals surface area (Å²) in [6.07, 6.45) is 0.555. The van der Waals surface area contributed by atoms with Crippen molar-refractivity contribution < 1.29 is 9.53 Å². The first-order chi connectivity index (χ1) is 8.77. The lowest BCUT2D eigenvalue weighted by atomic mass is 10.3. The van der Waals surface area contributed by atoms with Crippen molar-refractivity contribution in [3.8, 4) is 0 Å². The van der Waals surface area contributed by atoms with E-state index in [4.69, 9.17) is 4.74 Å². The van der Waals surface area contributed by atoms with Crippen molar-refractivity contribution in [3.63, 3.8) is 0 Å². The highest BCUT2D eigenvalue weighted by atomic mass is 32.1. The highest BCUT2D eigenvalue weighted by molar-refractivity contribution is 7.09. The Morgan fingerprint density at radius 1 is 1.56 bits per heavy atom. The summed E-state index contributed by atoms with van der Waals surface area (Å²) in [5.41, 5.74) is 0. The Kier molecular flexibility index (Phi) is 5.16. The van der Waals surface area contributed by atoms with Crippen molar-refractivity contribution in [1.29, 1.82) is 0 Å². The van der Waals surface area contributed by atoms with E-state index < -0.39 is 0 Å². The molecular formula is C13H20N2O2S. The standard InChI is InChI=1S/C13H20N2O2S/c1-11(13(16)15-7-5-14-6-8-15)17-9-4-12-3-2-10-18-12/h2-3,10-11,14H,4-9H2,1H3. The highest BCUT2D eigenvalue weighted by Crippen LogP contribution is 2.10. The van der Waals surface area contributed by atoms with Crippen LogP contribution in [0.15, 0.2) is 17.5 Å². The Hall–Kier alpha value is -0.910. The van der Waals surface area contributed by atoms with E-state index in [9.17, 15) is 4.79 Å². The second kappa shape index (κ2) is 6.87. The van der Waals surface area contributed by atoms with Gasteiger partial charge in [0.15, 0.2) is 0 Å². The van der Waals surface area contributed by atoms with Gasteiger partial charge in [-0.25, -0.2) is 0 Å². The molecule has 1 aliphatic rings. The van der Waals surface area contributed by atoms with Crippen molar-refractivity contribution >= 4 is 17.2 Å². The van der Waals surface area contributed by atoms with Crippen LogP contribution in [0.3, 0.4) is 0 Å². The van der Waals surface area contributed by atoms with Crippen molar-refractivity contribution in [2.24, 2.45) is 0 Å². The molecule has 4 nitrogen and oxygen atoms in total. The number of nitrogens with one attached hydrogen (secondary N) is 1. The van der Waals surface area contributed by atoms with Crippen LogP contribution in [0.5, 0.6) is 0 Å². The molecule has 5 heteroatoms. The molecule has 1 aromatic rings. The molecule has 2 rings (SSSR count).